The van der Waals surface area contributed by atoms with Gasteiger partial charge in [-0.3, -0.25) is 4.79 Å². The number of methoxy groups -OCH3 is 1. The first-order chi connectivity index (χ1) is 7.48. The van der Waals surface area contributed by atoms with Gasteiger partial charge in [-0.05, 0) is 13.8 Å². The Kier molecular flexibility index (Phi) is 4.67. The summed E-state index contributed by atoms with van der Waals surface area (Å²) < 4.78 is 15.8. The predicted molar refractivity (Wildman–Crippen MR) is 57.8 cm³/mol. The van der Waals surface area contributed by atoms with E-state index >= 15 is 0 Å². The average Bonchev–Trinajstić information content (AvgIpc) is 2.57. The van der Waals surface area contributed by atoms with Gasteiger partial charge >= 0.3 is 0 Å². The van der Waals surface area contributed by atoms with Gasteiger partial charge in [0.15, 0.2) is 5.79 Å². The Morgan fingerprint density at radius 3 is 2.81 bits per heavy atom. The van der Waals surface area contributed by atoms with E-state index in [9.17, 15) is 4.79 Å². The fraction of sp³-hybridized carbons (Fsp3) is 0.900. The van der Waals surface area contributed by atoms with Gasteiger partial charge in [-0.2, -0.15) is 0 Å². The largest absolute Gasteiger partial charge is 0.370 e. The summed E-state index contributed by atoms with van der Waals surface area (Å²) >= 11 is 0. The molecule has 2 atom stereocenters. The number of nitrogens with two attached hydrogens (primary N) is 1. The zero-order valence-electron chi connectivity index (χ0n) is 9.99. The Morgan fingerprint density at radius 2 is 2.38 bits per heavy atom. The Labute approximate surface area is 95.4 Å². The van der Waals surface area contributed by atoms with Crippen molar-refractivity contribution >= 4 is 5.91 Å². The van der Waals surface area contributed by atoms with Crippen LogP contribution in [0.2, 0.25) is 0 Å². The minimum Gasteiger partial charge on any atom is -0.370 e. The van der Waals surface area contributed by atoms with E-state index in [0.29, 0.717) is 13.2 Å². The molecule has 6 heteroatoms. The van der Waals surface area contributed by atoms with Gasteiger partial charge in [0, 0.05) is 20.2 Å². The number of carbonyl (C=O) groups excluding carboxylic acids is 1. The van der Waals surface area contributed by atoms with Crippen LogP contribution in [0.15, 0.2) is 0 Å². The van der Waals surface area contributed by atoms with E-state index < -0.39 is 11.9 Å². The van der Waals surface area contributed by atoms with Crippen LogP contribution in [0.5, 0.6) is 0 Å². The maximum absolute atomic E-state index is 11.5. The highest BCUT2D eigenvalue weighted by molar-refractivity contribution is 5.81. The van der Waals surface area contributed by atoms with Crippen LogP contribution in [-0.2, 0) is 19.0 Å². The predicted octanol–water partition coefficient (Wildman–Crippen LogP) is -0.772. The lowest BCUT2D eigenvalue weighted by Gasteiger charge is -2.18. The summed E-state index contributed by atoms with van der Waals surface area (Å²) in [5.41, 5.74) is 5.37. The van der Waals surface area contributed by atoms with E-state index in [4.69, 9.17) is 19.9 Å². The molecule has 0 aliphatic carbocycles. The second-order valence-electron chi connectivity index (χ2n) is 4.16. The zero-order chi connectivity index (χ0) is 12.2. The number of carbonyl (C=O) groups is 1. The van der Waals surface area contributed by atoms with Crippen molar-refractivity contribution in [3.8, 4) is 0 Å². The van der Waals surface area contributed by atoms with Crippen molar-refractivity contribution in [2.75, 3.05) is 26.8 Å². The van der Waals surface area contributed by atoms with Gasteiger partial charge in [0.1, 0.15) is 12.2 Å². The first-order valence-electron chi connectivity index (χ1n) is 5.31. The zero-order valence-corrected chi connectivity index (χ0v) is 9.99. The molecule has 1 amide bonds. The lowest BCUT2D eigenvalue weighted by Crippen LogP contribution is -2.44. The highest BCUT2D eigenvalue weighted by atomic mass is 16.7. The van der Waals surface area contributed by atoms with E-state index in [1.54, 1.807) is 0 Å². The number of nitrogens with one attached hydrogen (secondary N) is 1. The summed E-state index contributed by atoms with van der Waals surface area (Å²) in [6.07, 6.45) is -0.718. The molecular formula is C10H20N2O4. The molecule has 0 radical (unpaired) electrons. The van der Waals surface area contributed by atoms with Crippen molar-refractivity contribution in [2.24, 2.45) is 5.73 Å². The third kappa shape index (κ3) is 3.71. The van der Waals surface area contributed by atoms with Crippen molar-refractivity contribution in [1.29, 1.82) is 0 Å². The Hall–Kier alpha value is -0.690. The van der Waals surface area contributed by atoms with Crippen molar-refractivity contribution in [2.45, 2.75) is 31.8 Å². The van der Waals surface area contributed by atoms with Gasteiger partial charge in [-0.15, -0.1) is 0 Å². The van der Waals surface area contributed by atoms with Crippen LogP contribution in [-0.4, -0.2) is 50.7 Å². The summed E-state index contributed by atoms with van der Waals surface area (Å²) in [5, 5.41) is 2.72. The lowest BCUT2D eigenvalue weighted by molar-refractivity contribution is -0.141. The molecule has 1 fully saturated rings. The van der Waals surface area contributed by atoms with Crippen LogP contribution in [0.1, 0.15) is 13.8 Å². The Bertz CT molecular complexity index is 241. The van der Waals surface area contributed by atoms with Crippen LogP contribution >= 0.6 is 0 Å². The summed E-state index contributed by atoms with van der Waals surface area (Å²) in [4.78, 5) is 11.5. The first-order valence-corrected chi connectivity index (χ1v) is 5.31. The number of hydrogen-bond acceptors (Lipinski definition) is 5. The van der Waals surface area contributed by atoms with Crippen molar-refractivity contribution < 1.29 is 19.0 Å². The second-order valence-corrected chi connectivity index (χ2v) is 4.16. The fourth-order valence-corrected chi connectivity index (χ4v) is 1.50. The highest BCUT2D eigenvalue weighted by Crippen LogP contribution is 2.21. The van der Waals surface area contributed by atoms with E-state index in [-0.39, 0.29) is 18.6 Å². The molecule has 0 saturated carbocycles. The van der Waals surface area contributed by atoms with E-state index in [1.165, 1.54) is 7.11 Å². The quantitative estimate of drug-likeness (QED) is 0.650. The topological polar surface area (TPSA) is 82.8 Å². The molecule has 0 spiro atoms. The Balaban J connectivity index is 2.27. The molecule has 0 aromatic rings. The van der Waals surface area contributed by atoms with Crippen LogP contribution < -0.4 is 11.1 Å². The average molecular weight is 232 g/mol. The SMILES string of the molecule is COC(CN)C(=O)NCC1COC(C)(C)O1. The number of rotatable bonds is 5. The first kappa shape index (κ1) is 13.4. The van der Waals surface area contributed by atoms with Crippen LogP contribution in [0, 0.1) is 0 Å². The molecule has 16 heavy (non-hydrogen) atoms. The maximum atomic E-state index is 11.5. The van der Waals surface area contributed by atoms with Gasteiger partial charge < -0.3 is 25.3 Å². The molecule has 0 bridgehead atoms. The van der Waals surface area contributed by atoms with Gasteiger partial charge in [0.25, 0.3) is 5.91 Å². The van der Waals surface area contributed by atoms with Crippen molar-refractivity contribution in [1.82, 2.24) is 5.32 Å². The second kappa shape index (κ2) is 5.58. The lowest BCUT2D eigenvalue weighted by atomic mass is 10.3. The van der Waals surface area contributed by atoms with Crippen LogP contribution in [0.3, 0.4) is 0 Å². The summed E-state index contributed by atoms with van der Waals surface area (Å²) in [5.74, 6) is -0.789. The van der Waals surface area contributed by atoms with E-state index in [2.05, 4.69) is 5.32 Å². The Morgan fingerprint density at radius 1 is 1.69 bits per heavy atom. The minimum absolute atomic E-state index is 0.116. The highest BCUT2D eigenvalue weighted by Gasteiger charge is 2.32. The molecule has 2 unspecified atom stereocenters. The minimum atomic E-state index is -0.602. The standard InChI is InChI=1S/C10H20N2O4/c1-10(2)15-6-7(16-10)5-12-9(13)8(4-11)14-3/h7-8H,4-6,11H2,1-3H3,(H,12,13). The summed E-state index contributed by atoms with van der Waals surface area (Å²) in [6.45, 7) is 4.73. The molecule has 1 aliphatic heterocycles. The van der Waals surface area contributed by atoms with E-state index in [1.807, 2.05) is 13.8 Å². The molecule has 0 aromatic carbocycles. The molecule has 1 saturated heterocycles. The van der Waals surface area contributed by atoms with Crippen molar-refractivity contribution in [3.63, 3.8) is 0 Å². The van der Waals surface area contributed by atoms with E-state index in [0.717, 1.165) is 0 Å². The number of amides is 1. The number of hydrogen-bond donors (Lipinski definition) is 2. The smallest absolute Gasteiger partial charge is 0.250 e. The normalized spacial score (nSPS) is 25.4. The molecule has 0 aromatic heterocycles. The molecule has 1 aliphatic rings. The monoisotopic (exact) mass is 232 g/mol. The molecule has 6 nitrogen and oxygen atoms in total. The van der Waals surface area contributed by atoms with Gasteiger partial charge in [0.2, 0.25) is 0 Å². The summed E-state index contributed by atoms with van der Waals surface area (Å²) in [7, 11) is 1.45. The van der Waals surface area contributed by atoms with Gasteiger partial charge in [0.05, 0.1) is 6.61 Å². The third-order valence-corrected chi connectivity index (χ3v) is 2.36. The van der Waals surface area contributed by atoms with Crippen LogP contribution in [0.25, 0.3) is 0 Å². The van der Waals surface area contributed by atoms with Gasteiger partial charge in [-0.25, -0.2) is 0 Å². The molecule has 3 N–H and O–H groups in total. The molecule has 94 valence electrons. The fourth-order valence-electron chi connectivity index (χ4n) is 1.50. The third-order valence-electron chi connectivity index (χ3n) is 2.36. The maximum Gasteiger partial charge on any atom is 0.250 e. The van der Waals surface area contributed by atoms with Crippen LogP contribution in [0.4, 0.5) is 0 Å². The van der Waals surface area contributed by atoms with Gasteiger partial charge in [-0.1, -0.05) is 0 Å². The molecule has 1 rings (SSSR count). The summed E-state index contributed by atoms with van der Waals surface area (Å²) in [6, 6.07) is 0. The molecule has 1 heterocycles. The van der Waals surface area contributed by atoms with Crippen molar-refractivity contribution in [3.05, 3.63) is 0 Å². The number of ether oxygens (including phenoxy) is 3. The molecular weight excluding hydrogens is 212 g/mol.